The van der Waals surface area contributed by atoms with Crippen molar-refractivity contribution in [2.75, 3.05) is 25.2 Å². The van der Waals surface area contributed by atoms with Gasteiger partial charge in [-0.3, -0.25) is 9.59 Å². The molecule has 104 valence electrons. The minimum Gasteiger partial charge on any atom is -0.394 e. The number of para-hydroxylation sites is 1. The zero-order chi connectivity index (χ0) is 14.4. The summed E-state index contributed by atoms with van der Waals surface area (Å²) in [5.74, 6) is -0.641. The fourth-order valence-corrected chi connectivity index (χ4v) is 1.54. The van der Waals surface area contributed by atoms with Crippen LogP contribution >= 0.6 is 0 Å². The predicted octanol–water partition coefficient (Wildman–Crippen LogP) is -0.248. The Morgan fingerprint density at radius 2 is 1.84 bits per heavy atom. The molecule has 0 aliphatic carbocycles. The van der Waals surface area contributed by atoms with Crippen LogP contribution in [0.3, 0.4) is 0 Å². The zero-order valence-electron chi connectivity index (χ0n) is 11.0. The molecule has 6 heteroatoms. The van der Waals surface area contributed by atoms with Gasteiger partial charge in [0.15, 0.2) is 0 Å². The molecule has 0 aliphatic heterocycles. The Morgan fingerprint density at radius 1 is 1.26 bits per heavy atom. The van der Waals surface area contributed by atoms with E-state index >= 15 is 0 Å². The first kappa shape index (κ1) is 15.1. The molecular formula is C13H18N2O4. The fraction of sp³-hybridized carbons (Fsp3) is 0.385. The third-order valence-electron chi connectivity index (χ3n) is 2.76. The Bertz CT molecular complexity index is 458. The Labute approximate surface area is 111 Å². The molecule has 0 aliphatic rings. The molecule has 2 amide bonds. The van der Waals surface area contributed by atoms with E-state index in [1.807, 2.05) is 0 Å². The first-order chi connectivity index (χ1) is 9.01. The van der Waals surface area contributed by atoms with Crippen molar-refractivity contribution < 1.29 is 19.8 Å². The van der Waals surface area contributed by atoms with Crippen LogP contribution in [0.15, 0.2) is 24.3 Å². The van der Waals surface area contributed by atoms with Gasteiger partial charge in [-0.2, -0.15) is 0 Å². The number of nitrogens with zero attached hydrogens (tertiary/aromatic N) is 1. The highest BCUT2D eigenvalue weighted by Gasteiger charge is 2.18. The van der Waals surface area contributed by atoms with Crippen LogP contribution in [0.4, 0.5) is 5.69 Å². The number of carbonyl (C=O) groups is 2. The van der Waals surface area contributed by atoms with E-state index in [4.69, 9.17) is 10.2 Å². The van der Waals surface area contributed by atoms with Gasteiger partial charge in [-0.1, -0.05) is 12.1 Å². The first-order valence-electron chi connectivity index (χ1n) is 5.87. The van der Waals surface area contributed by atoms with Gasteiger partial charge in [-0.15, -0.1) is 0 Å². The van der Waals surface area contributed by atoms with Crippen molar-refractivity contribution in [3.63, 3.8) is 0 Å². The molecule has 0 aromatic heterocycles. The van der Waals surface area contributed by atoms with Crippen LogP contribution in [0.5, 0.6) is 0 Å². The van der Waals surface area contributed by atoms with Crippen LogP contribution in [0.25, 0.3) is 0 Å². The lowest BCUT2D eigenvalue weighted by Gasteiger charge is -2.20. The Hall–Kier alpha value is -1.92. The SMILES string of the molecule is CC(=O)N(C)c1ccccc1C(=O)NC(CO)CO. The third kappa shape index (κ3) is 3.77. The number of hydrogen-bond acceptors (Lipinski definition) is 4. The maximum atomic E-state index is 12.0. The summed E-state index contributed by atoms with van der Waals surface area (Å²) in [5, 5.41) is 20.4. The second kappa shape index (κ2) is 6.86. The minimum absolute atomic E-state index is 0.193. The van der Waals surface area contributed by atoms with Gasteiger partial charge < -0.3 is 20.4 Å². The zero-order valence-corrected chi connectivity index (χ0v) is 11.0. The van der Waals surface area contributed by atoms with E-state index in [1.54, 1.807) is 31.3 Å². The molecule has 1 rings (SSSR count). The van der Waals surface area contributed by atoms with E-state index in [9.17, 15) is 9.59 Å². The number of carbonyl (C=O) groups excluding carboxylic acids is 2. The van der Waals surface area contributed by atoms with Crippen molar-refractivity contribution in [2.24, 2.45) is 0 Å². The molecule has 1 aromatic rings. The van der Waals surface area contributed by atoms with E-state index in [1.165, 1.54) is 11.8 Å². The number of amides is 2. The van der Waals surface area contributed by atoms with Crippen molar-refractivity contribution >= 4 is 17.5 Å². The highest BCUT2D eigenvalue weighted by molar-refractivity contribution is 6.04. The van der Waals surface area contributed by atoms with Gasteiger partial charge in [0, 0.05) is 14.0 Å². The topological polar surface area (TPSA) is 89.9 Å². The number of anilines is 1. The highest BCUT2D eigenvalue weighted by Crippen LogP contribution is 2.19. The number of hydrogen-bond donors (Lipinski definition) is 3. The quantitative estimate of drug-likeness (QED) is 0.685. The maximum Gasteiger partial charge on any atom is 0.253 e. The van der Waals surface area contributed by atoms with E-state index in [0.717, 1.165) is 0 Å². The van der Waals surface area contributed by atoms with Gasteiger partial charge in [0.25, 0.3) is 5.91 Å². The van der Waals surface area contributed by atoms with E-state index < -0.39 is 11.9 Å². The molecule has 0 spiro atoms. The van der Waals surface area contributed by atoms with Crippen molar-refractivity contribution in [3.8, 4) is 0 Å². The predicted molar refractivity (Wildman–Crippen MR) is 71.0 cm³/mol. The van der Waals surface area contributed by atoms with Crippen molar-refractivity contribution in [1.29, 1.82) is 0 Å². The van der Waals surface area contributed by atoms with Crippen molar-refractivity contribution in [3.05, 3.63) is 29.8 Å². The van der Waals surface area contributed by atoms with Gasteiger partial charge in [0.05, 0.1) is 30.5 Å². The Kier molecular flexibility index (Phi) is 5.47. The molecule has 0 radical (unpaired) electrons. The summed E-state index contributed by atoms with van der Waals surface area (Å²) in [5.41, 5.74) is 0.786. The summed E-state index contributed by atoms with van der Waals surface area (Å²) in [6, 6.07) is 5.92. The molecule has 0 saturated carbocycles. The monoisotopic (exact) mass is 266 g/mol. The van der Waals surface area contributed by atoms with Crippen LogP contribution in [-0.2, 0) is 4.79 Å². The molecule has 0 unspecified atom stereocenters. The van der Waals surface area contributed by atoms with Gasteiger partial charge in [0.1, 0.15) is 0 Å². The van der Waals surface area contributed by atoms with Crippen LogP contribution in [0, 0.1) is 0 Å². The number of nitrogens with one attached hydrogen (secondary N) is 1. The third-order valence-corrected chi connectivity index (χ3v) is 2.76. The average Bonchev–Trinajstić information content (AvgIpc) is 2.43. The second-order valence-electron chi connectivity index (χ2n) is 4.13. The Balaban J connectivity index is 3.00. The molecule has 0 bridgehead atoms. The number of rotatable bonds is 5. The van der Waals surface area contributed by atoms with Crippen molar-refractivity contribution in [1.82, 2.24) is 5.32 Å². The number of aliphatic hydroxyl groups is 2. The number of aliphatic hydroxyl groups excluding tert-OH is 2. The first-order valence-corrected chi connectivity index (χ1v) is 5.87. The lowest BCUT2D eigenvalue weighted by molar-refractivity contribution is -0.116. The number of benzene rings is 1. The molecular weight excluding hydrogens is 248 g/mol. The fourth-order valence-electron chi connectivity index (χ4n) is 1.54. The smallest absolute Gasteiger partial charge is 0.253 e. The highest BCUT2D eigenvalue weighted by atomic mass is 16.3. The summed E-state index contributed by atoms with van der Waals surface area (Å²) >= 11 is 0. The lowest BCUT2D eigenvalue weighted by Crippen LogP contribution is -2.40. The van der Waals surface area contributed by atoms with Gasteiger partial charge in [0.2, 0.25) is 5.91 Å². The standard InChI is InChI=1S/C13H18N2O4/c1-9(18)15(2)12-6-4-3-5-11(12)13(19)14-10(7-16)8-17/h3-6,10,16-17H,7-8H2,1-2H3,(H,14,19). The van der Waals surface area contributed by atoms with Crippen LogP contribution in [0.1, 0.15) is 17.3 Å². The average molecular weight is 266 g/mol. The summed E-state index contributed by atoms with van der Waals surface area (Å²) < 4.78 is 0. The van der Waals surface area contributed by atoms with Crippen LogP contribution in [-0.4, -0.2) is 48.3 Å². The molecule has 0 heterocycles. The second-order valence-corrected chi connectivity index (χ2v) is 4.13. The van der Waals surface area contributed by atoms with Crippen LogP contribution in [0.2, 0.25) is 0 Å². The lowest BCUT2D eigenvalue weighted by atomic mass is 10.1. The Morgan fingerprint density at radius 3 is 2.37 bits per heavy atom. The molecule has 6 nitrogen and oxygen atoms in total. The van der Waals surface area contributed by atoms with Crippen LogP contribution < -0.4 is 10.2 Å². The van der Waals surface area contributed by atoms with Crippen molar-refractivity contribution in [2.45, 2.75) is 13.0 Å². The molecule has 3 N–H and O–H groups in total. The van der Waals surface area contributed by atoms with E-state index in [2.05, 4.69) is 5.32 Å². The summed E-state index contributed by atoms with van der Waals surface area (Å²) in [7, 11) is 1.57. The van der Waals surface area contributed by atoms with E-state index in [0.29, 0.717) is 11.3 Å². The van der Waals surface area contributed by atoms with Gasteiger partial charge >= 0.3 is 0 Å². The maximum absolute atomic E-state index is 12.0. The normalized spacial score (nSPS) is 10.4. The van der Waals surface area contributed by atoms with E-state index in [-0.39, 0.29) is 19.1 Å². The molecule has 0 atom stereocenters. The molecule has 1 aromatic carbocycles. The summed E-state index contributed by atoms with van der Waals surface area (Å²) in [4.78, 5) is 24.8. The summed E-state index contributed by atoms with van der Waals surface area (Å²) in [6.07, 6.45) is 0. The largest absolute Gasteiger partial charge is 0.394 e. The van der Waals surface area contributed by atoms with Gasteiger partial charge in [-0.25, -0.2) is 0 Å². The minimum atomic E-state index is -0.719. The molecule has 0 saturated heterocycles. The van der Waals surface area contributed by atoms with Gasteiger partial charge in [-0.05, 0) is 12.1 Å². The molecule has 19 heavy (non-hydrogen) atoms. The summed E-state index contributed by atoms with van der Waals surface area (Å²) in [6.45, 7) is 0.693. The molecule has 0 fully saturated rings.